The molecule has 0 aliphatic carbocycles. The fourth-order valence-electron chi connectivity index (χ4n) is 1.10. The molecule has 0 fully saturated rings. The van der Waals surface area contributed by atoms with Gasteiger partial charge in [-0.25, -0.2) is 4.68 Å². The van der Waals surface area contributed by atoms with Crippen LogP contribution in [0.15, 0.2) is 6.07 Å². The molecule has 0 N–H and O–H groups in total. The first-order chi connectivity index (χ1) is 5.52. The fourth-order valence-corrected chi connectivity index (χ4v) is 1.10. The Labute approximate surface area is 72.4 Å². The van der Waals surface area contributed by atoms with Crippen molar-refractivity contribution in [3.63, 3.8) is 0 Å². The lowest BCUT2D eigenvalue weighted by atomic mass is 10.2. The molecule has 0 radical (unpaired) electrons. The van der Waals surface area contributed by atoms with E-state index in [1.807, 2.05) is 33.8 Å². The fraction of sp³-hybridized carbons (Fsp3) is 0.556. The lowest BCUT2D eigenvalue weighted by Crippen LogP contribution is -2.19. The van der Waals surface area contributed by atoms with E-state index in [-0.39, 0.29) is 11.8 Å². The Morgan fingerprint density at radius 3 is 2.42 bits per heavy atom. The predicted molar refractivity (Wildman–Crippen MR) is 47.2 cm³/mol. The topological polar surface area (TPSA) is 34.9 Å². The Morgan fingerprint density at radius 2 is 2.08 bits per heavy atom. The average Bonchev–Trinajstić information content (AvgIpc) is 2.28. The maximum absolute atomic E-state index is 11.5. The number of hydrogen-bond donors (Lipinski definition) is 0. The van der Waals surface area contributed by atoms with E-state index in [4.69, 9.17) is 0 Å². The summed E-state index contributed by atoms with van der Waals surface area (Å²) in [4.78, 5) is 11.5. The van der Waals surface area contributed by atoms with E-state index < -0.39 is 0 Å². The molecule has 3 heteroatoms. The first kappa shape index (κ1) is 8.97. The molecule has 0 spiro atoms. The van der Waals surface area contributed by atoms with Gasteiger partial charge in [0.1, 0.15) is 0 Å². The van der Waals surface area contributed by atoms with E-state index in [1.54, 1.807) is 0 Å². The van der Waals surface area contributed by atoms with Crippen molar-refractivity contribution in [3.8, 4) is 0 Å². The second kappa shape index (κ2) is 3.09. The highest BCUT2D eigenvalue weighted by Crippen LogP contribution is 2.05. The third-order valence-corrected chi connectivity index (χ3v) is 1.71. The van der Waals surface area contributed by atoms with Crippen LogP contribution in [0.4, 0.5) is 0 Å². The second-order valence-electron chi connectivity index (χ2n) is 3.33. The SMILES string of the molecule is Cc1cc(C)n(C(=O)C(C)C)n1. The van der Waals surface area contributed by atoms with Crippen LogP contribution in [-0.4, -0.2) is 15.7 Å². The number of aryl methyl sites for hydroxylation is 2. The van der Waals surface area contributed by atoms with Crippen LogP contribution >= 0.6 is 0 Å². The van der Waals surface area contributed by atoms with Crippen LogP contribution in [0, 0.1) is 19.8 Å². The van der Waals surface area contributed by atoms with Crippen molar-refractivity contribution in [2.75, 3.05) is 0 Å². The van der Waals surface area contributed by atoms with Crippen molar-refractivity contribution in [2.24, 2.45) is 5.92 Å². The molecule has 12 heavy (non-hydrogen) atoms. The maximum atomic E-state index is 11.5. The van der Waals surface area contributed by atoms with Gasteiger partial charge in [0.05, 0.1) is 5.69 Å². The normalized spacial score (nSPS) is 10.8. The van der Waals surface area contributed by atoms with Crippen LogP contribution < -0.4 is 0 Å². The van der Waals surface area contributed by atoms with Crippen LogP contribution in [0.5, 0.6) is 0 Å². The third-order valence-electron chi connectivity index (χ3n) is 1.71. The van der Waals surface area contributed by atoms with E-state index in [0.717, 1.165) is 11.4 Å². The predicted octanol–water partition coefficient (Wildman–Crippen LogP) is 1.80. The molecular formula is C9H14N2O. The number of hydrogen-bond acceptors (Lipinski definition) is 2. The minimum atomic E-state index is 0.00278. The molecule has 1 heterocycles. The van der Waals surface area contributed by atoms with Crippen LogP contribution in [0.25, 0.3) is 0 Å². The minimum Gasteiger partial charge on any atom is -0.272 e. The molecule has 66 valence electrons. The summed E-state index contributed by atoms with van der Waals surface area (Å²) in [7, 11) is 0. The van der Waals surface area contributed by atoms with Crippen molar-refractivity contribution in [1.29, 1.82) is 0 Å². The molecular weight excluding hydrogens is 152 g/mol. The van der Waals surface area contributed by atoms with Gasteiger partial charge < -0.3 is 0 Å². The molecule has 3 nitrogen and oxygen atoms in total. The molecule has 0 aliphatic rings. The number of aromatic nitrogens is 2. The zero-order chi connectivity index (χ0) is 9.30. The lowest BCUT2D eigenvalue weighted by Gasteiger charge is -2.04. The highest BCUT2D eigenvalue weighted by molar-refractivity contribution is 5.80. The van der Waals surface area contributed by atoms with Crippen molar-refractivity contribution in [2.45, 2.75) is 27.7 Å². The van der Waals surface area contributed by atoms with Gasteiger partial charge in [-0.2, -0.15) is 5.10 Å². The van der Waals surface area contributed by atoms with E-state index in [0.29, 0.717) is 0 Å². The Bertz CT molecular complexity index is 299. The Morgan fingerprint density at radius 1 is 1.50 bits per heavy atom. The van der Waals surface area contributed by atoms with E-state index in [9.17, 15) is 4.79 Å². The summed E-state index contributed by atoms with van der Waals surface area (Å²) in [6.07, 6.45) is 0. The Kier molecular flexibility index (Phi) is 2.31. The van der Waals surface area contributed by atoms with Crippen molar-refractivity contribution < 1.29 is 4.79 Å². The zero-order valence-corrected chi connectivity index (χ0v) is 7.96. The van der Waals surface area contributed by atoms with Gasteiger partial charge in [0, 0.05) is 11.6 Å². The summed E-state index contributed by atoms with van der Waals surface area (Å²) in [5.41, 5.74) is 1.80. The lowest BCUT2D eigenvalue weighted by molar-refractivity contribution is 0.0835. The summed E-state index contributed by atoms with van der Waals surface area (Å²) in [6, 6.07) is 1.90. The first-order valence-corrected chi connectivity index (χ1v) is 4.10. The number of rotatable bonds is 1. The van der Waals surface area contributed by atoms with E-state index in [1.165, 1.54) is 4.68 Å². The molecule has 0 aromatic carbocycles. The summed E-state index contributed by atoms with van der Waals surface area (Å²) in [5, 5.41) is 4.10. The summed E-state index contributed by atoms with van der Waals surface area (Å²) in [5.74, 6) is 0.0589. The Balaban J connectivity index is 3.02. The van der Waals surface area contributed by atoms with Crippen LogP contribution in [0.2, 0.25) is 0 Å². The van der Waals surface area contributed by atoms with Crippen molar-refractivity contribution in [3.05, 3.63) is 17.5 Å². The first-order valence-electron chi connectivity index (χ1n) is 4.10. The van der Waals surface area contributed by atoms with Gasteiger partial charge in [0.25, 0.3) is 0 Å². The second-order valence-corrected chi connectivity index (χ2v) is 3.33. The molecule has 1 aromatic heterocycles. The highest BCUT2D eigenvalue weighted by atomic mass is 16.2. The highest BCUT2D eigenvalue weighted by Gasteiger charge is 2.12. The largest absolute Gasteiger partial charge is 0.272 e. The minimum absolute atomic E-state index is 0.00278. The summed E-state index contributed by atoms with van der Waals surface area (Å²) >= 11 is 0. The summed E-state index contributed by atoms with van der Waals surface area (Å²) in [6.45, 7) is 7.52. The number of carbonyl (C=O) groups excluding carboxylic acids is 1. The van der Waals surface area contributed by atoms with Gasteiger partial charge >= 0.3 is 0 Å². The van der Waals surface area contributed by atoms with E-state index in [2.05, 4.69) is 5.10 Å². The van der Waals surface area contributed by atoms with Gasteiger partial charge in [-0.05, 0) is 19.9 Å². The van der Waals surface area contributed by atoms with Crippen LogP contribution in [0.3, 0.4) is 0 Å². The monoisotopic (exact) mass is 166 g/mol. The molecule has 0 atom stereocenters. The van der Waals surface area contributed by atoms with E-state index >= 15 is 0 Å². The molecule has 0 amide bonds. The van der Waals surface area contributed by atoms with Crippen molar-refractivity contribution >= 4 is 5.91 Å². The molecule has 0 bridgehead atoms. The van der Waals surface area contributed by atoms with Gasteiger partial charge in [0.15, 0.2) is 0 Å². The number of carbonyl (C=O) groups is 1. The molecule has 0 aliphatic heterocycles. The van der Waals surface area contributed by atoms with Gasteiger partial charge in [0.2, 0.25) is 5.91 Å². The average molecular weight is 166 g/mol. The van der Waals surface area contributed by atoms with Gasteiger partial charge in [-0.1, -0.05) is 13.8 Å². The van der Waals surface area contributed by atoms with Gasteiger partial charge in [-0.15, -0.1) is 0 Å². The molecule has 1 rings (SSSR count). The molecule has 0 unspecified atom stereocenters. The third kappa shape index (κ3) is 1.55. The summed E-state index contributed by atoms with van der Waals surface area (Å²) < 4.78 is 1.47. The molecule has 0 saturated heterocycles. The molecule has 0 saturated carbocycles. The van der Waals surface area contributed by atoms with Crippen LogP contribution in [-0.2, 0) is 0 Å². The van der Waals surface area contributed by atoms with Crippen LogP contribution in [0.1, 0.15) is 30.0 Å². The standard InChI is InChI=1S/C9H14N2O/c1-6(2)9(12)11-8(4)5-7(3)10-11/h5-6H,1-4H3. The van der Waals surface area contributed by atoms with Crippen molar-refractivity contribution in [1.82, 2.24) is 9.78 Å². The van der Waals surface area contributed by atoms with Gasteiger partial charge in [-0.3, -0.25) is 4.79 Å². The smallest absolute Gasteiger partial charge is 0.249 e. The number of nitrogens with zero attached hydrogens (tertiary/aromatic N) is 2. The molecule has 1 aromatic rings. The Hall–Kier alpha value is -1.12. The quantitative estimate of drug-likeness (QED) is 0.637. The zero-order valence-electron chi connectivity index (χ0n) is 7.96. The maximum Gasteiger partial charge on any atom is 0.249 e.